The maximum Gasteiger partial charge on any atom is 0.307 e. The Kier molecular flexibility index (Phi) is 10.4. The molecule has 0 fully saturated rings. The molecule has 0 aliphatic heterocycles. The zero-order valence-corrected chi connectivity index (χ0v) is 23.8. The van der Waals surface area contributed by atoms with Crippen LogP contribution in [-0.2, 0) is 16.1 Å². The molecule has 0 saturated heterocycles. The van der Waals surface area contributed by atoms with Gasteiger partial charge in [0.2, 0.25) is 0 Å². The first-order valence-corrected chi connectivity index (χ1v) is 13.3. The summed E-state index contributed by atoms with van der Waals surface area (Å²) in [6.07, 6.45) is 6.63. The molecule has 0 unspecified atom stereocenters. The van der Waals surface area contributed by atoms with Crippen LogP contribution in [0.25, 0.3) is 11.1 Å². The van der Waals surface area contributed by atoms with Gasteiger partial charge in [0.05, 0.1) is 13.5 Å². The van der Waals surface area contributed by atoms with Crippen molar-refractivity contribution in [1.29, 1.82) is 0 Å². The molecule has 1 N–H and O–H groups in total. The number of carbonyl (C=O) groups is 1. The highest BCUT2D eigenvalue weighted by Crippen LogP contribution is 2.29. The number of nitrogens with one attached hydrogen (secondary N) is 1. The number of hydrogen-bond acceptors (Lipinski definition) is 6. The summed E-state index contributed by atoms with van der Waals surface area (Å²) in [5.74, 6) is 0.0878. The fourth-order valence-corrected chi connectivity index (χ4v) is 5.02. The number of benzene rings is 1. The Balaban J connectivity index is 1.94. The van der Waals surface area contributed by atoms with Gasteiger partial charge in [0.15, 0.2) is 0 Å². The zero-order valence-electron chi connectivity index (χ0n) is 23.8. The predicted octanol–water partition coefficient (Wildman–Crippen LogP) is 5.07. The molecule has 38 heavy (non-hydrogen) atoms. The molecule has 2 heterocycles. The number of rotatable bonds is 12. The molecule has 0 radical (unpaired) electrons. The van der Waals surface area contributed by atoms with Crippen LogP contribution >= 0.6 is 0 Å². The van der Waals surface area contributed by atoms with Crippen LogP contribution in [0, 0.1) is 19.8 Å². The number of aryl methyl sites for hydroxylation is 2. The Labute approximate surface area is 226 Å². The SMILES string of the molecule is COC(=O)C[C@H](NC[C@H](CC(C)C)n1cc(CN(C)C)ccc1=O)c1cncc(-c2c(C)cccc2C)c1. The Hall–Kier alpha value is -3.29. The molecule has 204 valence electrons. The van der Waals surface area contributed by atoms with Gasteiger partial charge in [-0.15, -0.1) is 0 Å². The summed E-state index contributed by atoms with van der Waals surface area (Å²) in [6, 6.07) is 11.5. The van der Waals surface area contributed by atoms with E-state index in [1.807, 2.05) is 37.1 Å². The van der Waals surface area contributed by atoms with Gasteiger partial charge in [0, 0.05) is 55.4 Å². The second-order valence-electron chi connectivity index (χ2n) is 10.8. The van der Waals surface area contributed by atoms with Crippen molar-refractivity contribution in [1.82, 2.24) is 19.8 Å². The second kappa shape index (κ2) is 13.5. The van der Waals surface area contributed by atoms with Gasteiger partial charge in [-0.05, 0) is 74.2 Å². The average molecular weight is 519 g/mol. The van der Waals surface area contributed by atoms with Crippen LogP contribution in [-0.4, -0.2) is 48.2 Å². The molecule has 3 aromatic rings. The third-order valence-corrected chi connectivity index (χ3v) is 6.76. The normalized spacial score (nSPS) is 13.1. The predicted molar refractivity (Wildman–Crippen MR) is 153 cm³/mol. The molecular weight excluding hydrogens is 476 g/mol. The first-order valence-electron chi connectivity index (χ1n) is 13.3. The van der Waals surface area contributed by atoms with Gasteiger partial charge in [-0.25, -0.2) is 0 Å². The average Bonchev–Trinajstić information content (AvgIpc) is 2.86. The van der Waals surface area contributed by atoms with Crippen LogP contribution < -0.4 is 10.9 Å². The Morgan fingerprint density at radius 1 is 1.11 bits per heavy atom. The van der Waals surface area contributed by atoms with Gasteiger partial charge >= 0.3 is 5.97 Å². The van der Waals surface area contributed by atoms with Crippen molar-refractivity contribution >= 4 is 5.97 Å². The van der Waals surface area contributed by atoms with E-state index >= 15 is 0 Å². The lowest BCUT2D eigenvalue weighted by Crippen LogP contribution is -2.35. The van der Waals surface area contributed by atoms with E-state index in [1.165, 1.54) is 18.2 Å². The number of nitrogens with zero attached hydrogens (tertiary/aromatic N) is 3. The molecular formula is C31H42N4O3. The van der Waals surface area contributed by atoms with Crippen molar-refractivity contribution in [3.8, 4) is 11.1 Å². The van der Waals surface area contributed by atoms with Crippen LogP contribution in [0.3, 0.4) is 0 Å². The number of methoxy groups -OCH3 is 1. The standard InChI is InChI=1S/C31H42N4O3/c1-21(2)13-27(35-20-24(19-34(5)6)11-12-29(35)36)18-33-28(15-30(37)38-7)25-14-26(17-32-16-25)31-22(3)9-8-10-23(31)4/h8-12,14,16-17,20-21,27-28,33H,13,15,18-19H2,1-7H3/t27-,28-/m0/s1. The van der Waals surface area contributed by atoms with Crippen molar-refractivity contribution in [2.24, 2.45) is 5.92 Å². The molecule has 3 rings (SSSR count). The van der Waals surface area contributed by atoms with Crippen molar-refractivity contribution < 1.29 is 9.53 Å². The minimum atomic E-state index is -0.311. The maximum atomic E-state index is 12.9. The van der Waals surface area contributed by atoms with Gasteiger partial charge < -0.3 is 19.5 Å². The van der Waals surface area contributed by atoms with E-state index in [0.29, 0.717) is 12.5 Å². The molecule has 1 aromatic carbocycles. The number of esters is 1. The zero-order chi connectivity index (χ0) is 27.8. The van der Waals surface area contributed by atoms with Crippen LogP contribution in [0.2, 0.25) is 0 Å². The number of pyridine rings is 2. The minimum absolute atomic E-state index is 0.0248. The molecule has 0 saturated carbocycles. The topological polar surface area (TPSA) is 76.5 Å². The molecule has 7 heteroatoms. The van der Waals surface area contributed by atoms with Gasteiger partial charge in [-0.3, -0.25) is 14.6 Å². The van der Waals surface area contributed by atoms with E-state index < -0.39 is 0 Å². The second-order valence-corrected chi connectivity index (χ2v) is 10.8. The molecule has 2 aromatic heterocycles. The fraction of sp³-hybridized carbons (Fsp3) is 0.452. The summed E-state index contributed by atoms with van der Waals surface area (Å²) in [5.41, 5.74) is 6.49. The minimum Gasteiger partial charge on any atom is -0.469 e. The largest absolute Gasteiger partial charge is 0.469 e. The van der Waals surface area contributed by atoms with Crippen molar-refractivity contribution in [3.05, 3.63) is 87.6 Å². The summed E-state index contributed by atoms with van der Waals surface area (Å²) in [6.45, 7) is 9.79. The first-order chi connectivity index (χ1) is 18.1. The summed E-state index contributed by atoms with van der Waals surface area (Å²) in [5, 5.41) is 3.59. The molecule has 0 bridgehead atoms. The molecule has 0 amide bonds. The third kappa shape index (κ3) is 7.85. The smallest absolute Gasteiger partial charge is 0.307 e. The van der Waals surface area contributed by atoms with Crippen LogP contribution in [0.5, 0.6) is 0 Å². The maximum absolute atomic E-state index is 12.9. The van der Waals surface area contributed by atoms with Crippen LogP contribution in [0.1, 0.15) is 61.0 Å². The molecule has 0 spiro atoms. The monoisotopic (exact) mass is 518 g/mol. The molecule has 0 aliphatic carbocycles. The van der Waals surface area contributed by atoms with Crippen LogP contribution in [0.4, 0.5) is 0 Å². The first kappa shape index (κ1) is 29.3. The summed E-state index contributed by atoms with van der Waals surface area (Å²) in [4.78, 5) is 31.9. The van der Waals surface area contributed by atoms with E-state index in [1.54, 1.807) is 12.3 Å². The lowest BCUT2D eigenvalue weighted by Gasteiger charge is -2.26. The lowest BCUT2D eigenvalue weighted by atomic mass is 9.94. The summed E-state index contributed by atoms with van der Waals surface area (Å²) in [7, 11) is 5.43. The Morgan fingerprint density at radius 2 is 1.82 bits per heavy atom. The van der Waals surface area contributed by atoms with E-state index in [9.17, 15) is 9.59 Å². The van der Waals surface area contributed by atoms with Crippen molar-refractivity contribution in [2.75, 3.05) is 27.7 Å². The number of carbonyl (C=O) groups excluding carboxylic acids is 1. The van der Waals surface area contributed by atoms with Crippen molar-refractivity contribution in [3.63, 3.8) is 0 Å². The fourth-order valence-electron chi connectivity index (χ4n) is 5.02. The number of ether oxygens (including phenoxy) is 1. The van der Waals surface area contributed by atoms with Gasteiger partial charge in [0.25, 0.3) is 5.56 Å². The van der Waals surface area contributed by atoms with E-state index in [2.05, 4.69) is 67.2 Å². The summed E-state index contributed by atoms with van der Waals surface area (Å²) < 4.78 is 6.86. The lowest BCUT2D eigenvalue weighted by molar-refractivity contribution is -0.141. The van der Waals surface area contributed by atoms with Gasteiger partial charge in [-0.2, -0.15) is 0 Å². The summed E-state index contributed by atoms with van der Waals surface area (Å²) >= 11 is 0. The Morgan fingerprint density at radius 3 is 2.45 bits per heavy atom. The highest BCUT2D eigenvalue weighted by atomic mass is 16.5. The number of aromatic nitrogens is 2. The van der Waals surface area contributed by atoms with Crippen molar-refractivity contribution in [2.45, 2.75) is 59.2 Å². The third-order valence-electron chi connectivity index (χ3n) is 6.76. The van der Waals surface area contributed by atoms with E-state index in [4.69, 9.17) is 4.74 Å². The Bertz CT molecular complexity index is 1260. The molecule has 0 aliphatic rings. The highest BCUT2D eigenvalue weighted by molar-refractivity contribution is 5.72. The van der Waals surface area contributed by atoms with E-state index in [-0.39, 0.29) is 30.0 Å². The number of hydrogen-bond donors (Lipinski definition) is 1. The highest BCUT2D eigenvalue weighted by Gasteiger charge is 2.22. The molecule has 7 nitrogen and oxygen atoms in total. The van der Waals surface area contributed by atoms with Crippen LogP contribution in [0.15, 0.2) is 59.8 Å². The van der Waals surface area contributed by atoms with Gasteiger partial charge in [-0.1, -0.05) is 38.1 Å². The van der Waals surface area contributed by atoms with Gasteiger partial charge in [0.1, 0.15) is 0 Å². The quantitative estimate of drug-likeness (QED) is 0.338. The molecule has 2 atom stereocenters. The van der Waals surface area contributed by atoms with E-state index in [0.717, 1.165) is 35.2 Å².